The lowest BCUT2D eigenvalue weighted by Gasteiger charge is -2.43. The van der Waals surface area contributed by atoms with Crippen LogP contribution in [0.5, 0.6) is 0 Å². The molecule has 1 aromatic heterocycles. The molecule has 1 saturated heterocycles. The summed E-state index contributed by atoms with van der Waals surface area (Å²) >= 11 is 0. The summed E-state index contributed by atoms with van der Waals surface area (Å²) in [5, 5.41) is 0. The molecule has 0 saturated carbocycles. The molecule has 19 heavy (non-hydrogen) atoms. The number of ether oxygens (including phenoxy) is 1. The summed E-state index contributed by atoms with van der Waals surface area (Å²) in [4.78, 5) is 4.41. The topological polar surface area (TPSA) is 61.3 Å². The van der Waals surface area contributed by atoms with E-state index in [0.717, 1.165) is 30.7 Å². The molecule has 1 aliphatic heterocycles. The van der Waals surface area contributed by atoms with Crippen LogP contribution in [0.1, 0.15) is 24.8 Å². The fraction of sp³-hybridized carbons (Fsp3) is 0.533. The lowest BCUT2D eigenvalue weighted by Crippen LogP contribution is -2.48. The first kappa shape index (κ1) is 12.6. The van der Waals surface area contributed by atoms with Crippen molar-refractivity contribution >= 4 is 11.1 Å². The summed E-state index contributed by atoms with van der Waals surface area (Å²) in [7, 11) is 0. The van der Waals surface area contributed by atoms with Gasteiger partial charge in [-0.1, -0.05) is 13.0 Å². The maximum atomic E-state index is 5.76. The molecule has 2 heterocycles. The molecule has 1 atom stereocenters. The lowest BCUT2D eigenvalue weighted by molar-refractivity contribution is -0.0701. The van der Waals surface area contributed by atoms with Gasteiger partial charge in [-0.3, -0.25) is 0 Å². The van der Waals surface area contributed by atoms with E-state index in [9.17, 15) is 0 Å². The van der Waals surface area contributed by atoms with Crippen molar-refractivity contribution in [2.45, 2.75) is 25.7 Å². The summed E-state index contributed by atoms with van der Waals surface area (Å²) in [5.74, 6) is 1.21. The first-order valence-corrected chi connectivity index (χ1v) is 6.78. The van der Waals surface area contributed by atoms with Crippen LogP contribution in [-0.4, -0.2) is 24.7 Å². The molecular formula is C15H20N2O2. The van der Waals surface area contributed by atoms with Crippen LogP contribution in [0, 0.1) is 12.8 Å². The van der Waals surface area contributed by atoms with Gasteiger partial charge in [-0.15, -0.1) is 0 Å². The van der Waals surface area contributed by atoms with Crippen LogP contribution < -0.4 is 5.73 Å². The molecular weight excluding hydrogens is 240 g/mol. The van der Waals surface area contributed by atoms with Crippen LogP contribution >= 0.6 is 0 Å². The van der Waals surface area contributed by atoms with E-state index in [-0.39, 0.29) is 5.41 Å². The van der Waals surface area contributed by atoms with Crippen molar-refractivity contribution in [2.24, 2.45) is 11.7 Å². The number of aryl methyl sites for hydroxylation is 1. The Bertz CT molecular complexity index is 587. The van der Waals surface area contributed by atoms with E-state index < -0.39 is 0 Å². The summed E-state index contributed by atoms with van der Waals surface area (Å²) in [6.07, 6.45) is 1.06. The fourth-order valence-electron chi connectivity index (χ4n) is 2.87. The van der Waals surface area contributed by atoms with Crippen molar-refractivity contribution in [1.82, 2.24) is 4.98 Å². The molecule has 3 rings (SSSR count). The molecule has 0 spiro atoms. The second kappa shape index (κ2) is 4.62. The highest BCUT2D eigenvalue weighted by Crippen LogP contribution is 2.39. The lowest BCUT2D eigenvalue weighted by atomic mass is 9.72. The summed E-state index contributed by atoms with van der Waals surface area (Å²) < 4.78 is 11.0. The van der Waals surface area contributed by atoms with Gasteiger partial charge >= 0.3 is 0 Å². The molecule has 1 aliphatic rings. The Kier molecular flexibility index (Phi) is 3.07. The van der Waals surface area contributed by atoms with Gasteiger partial charge in [0.25, 0.3) is 0 Å². The predicted octanol–water partition coefficient (Wildman–Crippen LogP) is 2.39. The monoisotopic (exact) mass is 260 g/mol. The Morgan fingerprint density at radius 1 is 1.42 bits per heavy atom. The molecule has 1 fully saturated rings. The molecule has 0 bridgehead atoms. The molecule has 4 nitrogen and oxygen atoms in total. The minimum absolute atomic E-state index is 0.111. The minimum Gasteiger partial charge on any atom is -0.441 e. The van der Waals surface area contributed by atoms with E-state index in [0.29, 0.717) is 18.4 Å². The molecule has 2 aromatic rings. The van der Waals surface area contributed by atoms with Crippen molar-refractivity contribution in [3.8, 4) is 0 Å². The highest BCUT2D eigenvalue weighted by Gasteiger charge is 2.41. The van der Waals surface area contributed by atoms with E-state index in [1.54, 1.807) is 0 Å². The number of nitrogens with two attached hydrogens (primary N) is 1. The first-order chi connectivity index (χ1) is 9.13. The Balaban J connectivity index is 1.96. The van der Waals surface area contributed by atoms with E-state index in [1.165, 1.54) is 5.56 Å². The Hall–Kier alpha value is -1.39. The SMILES string of the molecule is Cc1nc2cc(C3(CC(C)CN)COC3)ccc2o1. The third-order valence-electron chi connectivity index (χ3n) is 4.01. The van der Waals surface area contributed by atoms with E-state index in [1.807, 2.05) is 13.0 Å². The Morgan fingerprint density at radius 2 is 2.21 bits per heavy atom. The van der Waals surface area contributed by atoms with Crippen molar-refractivity contribution in [1.29, 1.82) is 0 Å². The number of aromatic nitrogens is 1. The standard InChI is InChI=1S/C15H20N2O2/c1-10(7-16)6-15(8-18-9-15)12-3-4-14-13(5-12)17-11(2)19-14/h3-5,10H,6-9,16H2,1-2H3. The minimum atomic E-state index is 0.111. The van der Waals surface area contributed by atoms with E-state index in [2.05, 4.69) is 24.0 Å². The van der Waals surface area contributed by atoms with E-state index in [4.69, 9.17) is 14.9 Å². The average Bonchev–Trinajstić information content (AvgIpc) is 2.72. The molecule has 1 aromatic carbocycles. The van der Waals surface area contributed by atoms with Gasteiger partial charge < -0.3 is 14.9 Å². The van der Waals surface area contributed by atoms with Crippen LogP contribution in [0.2, 0.25) is 0 Å². The number of nitrogens with zero attached hydrogens (tertiary/aromatic N) is 1. The van der Waals surface area contributed by atoms with Gasteiger partial charge in [0.15, 0.2) is 11.5 Å². The molecule has 102 valence electrons. The second-order valence-electron chi connectivity index (χ2n) is 5.73. The van der Waals surface area contributed by atoms with Crippen molar-refractivity contribution in [3.63, 3.8) is 0 Å². The summed E-state index contributed by atoms with van der Waals surface area (Å²) in [6, 6.07) is 6.29. The average molecular weight is 260 g/mol. The van der Waals surface area contributed by atoms with Gasteiger partial charge in [-0.2, -0.15) is 0 Å². The largest absolute Gasteiger partial charge is 0.441 e. The normalized spacial score (nSPS) is 19.3. The van der Waals surface area contributed by atoms with Crippen LogP contribution in [0.4, 0.5) is 0 Å². The number of oxazole rings is 1. The van der Waals surface area contributed by atoms with Crippen LogP contribution in [-0.2, 0) is 10.2 Å². The highest BCUT2D eigenvalue weighted by molar-refractivity contribution is 5.74. The zero-order chi connectivity index (χ0) is 13.5. The quantitative estimate of drug-likeness (QED) is 0.917. The highest BCUT2D eigenvalue weighted by atomic mass is 16.5. The number of hydrogen-bond acceptors (Lipinski definition) is 4. The molecule has 0 aliphatic carbocycles. The third kappa shape index (κ3) is 2.15. The van der Waals surface area contributed by atoms with Crippen molar-refractivity contribution in [3.05, 3.63) is 29.7 Å². The molecule has 0 amide bonds. The maximum absolute atomic E-state index is 5.76. The van der Waals surface area contributed by atoms with Gasteiger partial charge in [-0.25, -0.2) is 4.98 Å². The molecule has 4 heteroatoms. The van der Waals surface area contributed by atoms with Crippen molar-refractivity contribution < 1.29 is 9.15 Å². The predicted molar refractivity (Wildman–Crippen MR) is 74.1 cm³/mol. The van der Waals surface area contributed by atoms with E-state index >= 15 is 0 Å². The zero-order valence-corrected chi connectivity index (χ0v) is 11.5. The molecule has 2 N–H and O–H groups in total. The second-order valence-corrected chi connectivity index (χ2v) is 5.73. The van der Waals surface area contributed by atoms with Gasteiger partial charge in [0.2, 0.25) is 0 Å². The zero-order valence-electron chi connectivity index (χ0n) is 11.5. The van der Waals surface area contributed by atoms with Crippen LogP contribution in [0.25, 0.3) is 11.1 Å². The van der Waals surface area contributed by atoms with Gasteiger partial charge in [-0.05, 0) is 36.6 Å². The summed E-state index contributed by atoms with van der Waals surface area (Å²) in [5.41, 5.74) is 8.95. The third-order valence-corrected chi connectivity index (χ3v) is 4.01. The molecule has 0 radical (unpaired) electrons. The number of hydrogen-bond donors (Lipinski definition) is 1. The van der Waals surface area contributed by atoms with Crippen molar-refractivity contribution in [2.75, 3.05) is 19.8 Å². The first-order valence-electron chi connectivity index (χ1n) is 6.78. The van der Waals surface area contributed by atoms with Gasteiger partial charge in [0.05, 0.1) is 13.2 Å². The smallest absolute Gasteiger partial charge is 0.192 e. The Labute approximate surface area is 112 Å². The number of benzene rings is 1. The van der Waals surface area contributed by atoms with Gasteiger partial charge in [0, 0.05) is 12.3 Å². The number of fused-ring (bicyclic) bond motifs is 1. The Morgan fingerprint density at radius 3 is 2.84 bits per heavy atom. The van der Waals surface area contributed by atoms with Crippen LogP contribution in [0.15, 0.2) is 22.6 Å². The maximum Gasteiger partial charge on any atom is 0.192 e. The number of rotatable bonds is 4. The van der Waals surface area contributed by atoms with Crippen LogP contribution in [0.3, 0.4) is 0 Å². The van der Waals surface area contributed by atoms with Gasteiger partial charge in [0.1, 0.15) is 5.52 Å². The summed E-state index contributed by atoms with van der Waals surface area (Å²) in [6.45, 7) is 6.34. The fourth-order valence-corrected chi connectivity index (χ4v) is 2.87. The molecule has 1 unspecified atom stereocenters.